The van der Waals surface area contributed by atoms with Gasteiger partial charge in [-0.15, -0.1) is 0 Å². The van der Waals surface area contributed by atoms with Crippen LogP contribution in [0.2, 0.25) is 0 Å². The molecule has 5 rings (SSSR count). The lowest BCUT2D eigenvalue weighted by atomic mass is 9.97. The summed E-state index contributed by atoms with van der Waals surface area (Å²) in [5.41, 5.74) is 5.11. The van der Waals surface area contributed by atoms with E-state index in [0.717, 1.165) is 27.7 Å². The summed E-state index contributed by atoms with van der Waals surface area (Å²) in [7, 11) is 0. The molecule has 5 aromatic rings. The molecule has 33 heavy (non-hydrogen) atoms. The van der Waals surface area contributed by atoms with Crippen molar-refractivity contribution < 1.29 is 9.59 Å². The monoisotopic (exact) mass is 429 g/mol. The number of hydrogen-bond acceptors (Lipinski definition) is 2. The van der Waals surface area contributed by atoms with Crippen LogP contribution in [0.1, 0.15) is 32.7 Å². The van der Waals surface area contributed by atoms with E-state index in [1.807, 2.05) is 91.0 Å². The summed E-state index contributed by atoms with van der Waals surface area (Å²) in [4.78, 5) is 26.6. The van der Waals surface area contributed by atoms with Gasteiger partial charge in [-0.2, -0.15) is 0 Å². The van der Waals surface area contributed by atoms with Crippen LogP contribution in [0, 0.1) is 0 Å². The molecule has 4 aromatic carbocycles. The van der Waals surface area contributed by atoms with Crippen molar-refractivity contribution in [3.63, 3.8) is 0 Å². The van der Waals surface area contributed by atoms with E-state index in [2.05, 4.69) is 16.7 Å². The summed E-state index contributed by atoms with van der Waals surface area (Å²) >= 11 is 0. The Morgan fingerprint density at radius 3 is 1.88 bits per heavy atom. The van der Waals surface area contributed by atoms with E-state index >= 15 is 0 Å². The van der Waals surface area contributed by atoms with Gasteiger partial charge in [-0.1, -0.05) is 109 Å². The minimum Gasteiger partial charge on any atom is -0.335 e. The molecule has 0 saturated carbocycles. The number of fused-ring (bicyclic) bond motifs is 1. The molecular weight excluding hydrogens is 406 g/mol. The summed E-state index contributed by atoms with van der Waals surface area (Å²) in [6.45, 7) is 0.630. The number of para-hydroxylation sites is 1. The number of carbonyl (C=O) groups is 2. The third-order valence-corrected chi connectivity index (χ3v) is 5.90. The first-order chi connectivity index (χ1) is 16.2. The molecule has 0 spiro atoms. The summed E-state index contributed by atoms with van der Waals surface area (Å²) in [5, 5.41) is 0.873. The summed E-state index contributed by atoms with van der Waals surface area (Å²) in [5.74, 6) is -0.329. The largest absolute Gasteiger partial charge is 0.335 e. The Morgan fingerprint density at radius 2 is 1.18 bits per heavy atom. The molecule has 0 fully saturated rings. The number of Topliss-reactive ketones (excluding diaryl/α,β-unsaturated/α-hetero) is 2. The molecular formula is C30H23NO2. The van der Waals surface area contributed by atoms with Crippen molar-refractivity contribution in [1.82, 2.24) is 4.57 Å². The van der Waals surface area contributed by atoms with Gasteiger partial charge in [-0.25, -0.2) is 0 Å². The van der Waals surface area contributed by atoms with Gasteiger partial charge in [0.15, 0.2) is 11.6 Å². The molecule has 0 aliphatic rings. The molecule has 0 radical (unpaired) electrons. The molecule has 0 saturated heterocycles. The Kier molecular flexibility index (Phi) is 5.69. The number of hydrogen-bond donors (Lipinski definition) is 0. The first kappa shape index (κ1) is 20.7. The topological polar surface area (TPSA) is 39.1 Å². The van der Waals surface area contributed by atoms with Gasteiger partial charge in [0, 0.05) is 23.0 Å². The van der Waals surface area contributed by atoms with Crippen LogP contribution in [-0.4, -0.2) is 16.1 Å². The van der Waals surface area contributed by atoms with E-state index in [-0.39, 0.29) is 18.0 Å². The Labute approximate surface area is 192 Å². The number of nitrogens with zero attached hydrogens (tertiary/aromatic N) is 1. The van der Waals surface area contributed by atoms with Crippen molar-refractivity contribution in [2.75, 3.05) is 0 Å². The van der Waals surface area contributed by atoms with Gasteiger partial charge in [-0.3, -0.25) is 9.59 Å². The smallest absolute Gasteiger partial charge is 0.173 e. The van der Waals surface area contributed by atoms with Gasteiger partial charge in [0.05, 0.1) is 17.7 Å². The molecule has 0 amide bonds. The second-order valence-corrected chi connectivity index (χ2v) is 8.07. The maximum Gasteiger partial charge on any atom is 0.173 e. The highest BCUT2D eigenvalue weighted by molar-refractivity contribution is 6.21. The van der Waals surface area contributed by atoms with Gasteiger partial charge in [0.2, 0.25) is 0 Å². The maximum atomic E-state index is 13.7. The molecule has 0 atom stereocenters. The predicted octanol–water partition coefficient (Wildman–Crippen LogP) is 6.81. The van der Waals surface area contributed by atoms with Crippen LogP contribution in [0.25, 0.3) is 22.2 Å². The molecule has 0 aliphatic carbocycles. The summed E-state index contributed by atoms with van der Waals surface area (Å²) < 4.78 is 2.19. The fourth-order valence-electron chi connectivity index (χ4n) is 4.37. The van der Waals surface area contributed by atoms with Crippen LogP contribution in [0.5, 0.6) is 0 Å². The number of ketones is 2. The molecule has 0 unspecified atom stereocenters. The van der Waals surface area contributed by atoms with Crippen LogP contribution in [-0.2, 0) is 6.54 Å². The van der Waals surface area contributed by atoms with E-state index in [4.69, 9.17) is 0 Å². The standard InChI is InChI=1S/C30H23NO2/c32-27(23-14-6-2-7-15-23)20-28(33)29-25-18-10-11-19-26(25)31(21-22-12-4-1-5-13-22)30(29)24-16-8-3-9-17-24/h1-19H,20-21H2. The van der Waals surface area contributed by atoms with Gasteiger partial charge in [0.25, 0.3) is 0 Å². The molecule has 3 heteroatoms. The Balaban J connectivity index is 1.67. The Hall–Kier alpha value is -4.24. The molecule has 1 aromatic heterocycles. The zero-order valence-corrected chi connectivity index (χ0v) is 18.1. The van der Waals surface area contributed by atoms with E-state index < -0.39 is 0 Å². The van der Waals surface area contributed by atoms with Crippen LogP contribution in [0.4, 0.5) is 0 Å². The van der Waals surface area contributed by atoms with Crippen LogP contribution in [0.3, 0.4) is 0 Å². The van der Waals surface area contributed by atoms with Crippen molar-refractivity contribution in [2.24, 2.45) is 0 Å². The second-order valence-electron chi connectivity index (χ2n) is 8.07. The first-order valence-corrected chi connectivity index (χ1v) is 11.0. The van der Waals surface area contributed by atoms with Gasteiger partial charge in [-0.05, 0) is 17.2 Å². The zero-order valence-electron chi connectivity index (χ0n) is 18.1. The average Bonchev–Trinajstić information content (AvgIpc) is 3.20. The van der Waals surface area contributed by atoms with Gasteiger partial charge < -0.3 is 4.57 Å². The fourth-order valence-corrected chi connectivity index (χ4v) is 4.37. The highest BCUT2D eigenvalue weighted by Gasteiger charge is 2.25. The number of rotatable bonds is 7. The quantitative estimate of drug-likeness (QED) is 0.210. The van der Waals surface area contributed by atoms with Crippen LogP contribution >= 0.6 is 0 Å². The number of aromatic nitrogens is 1. The third-order valence-electron chi connectivity index (χ3n) is 5.90. The van der Waals surface area contributed by atoms with Crippen molar-refractivity contribution in [3.8, 4) is 11.3 Å². The minimum atomic E-state index is -0.167. The van der Waals surface area contributed by atoms with E-state index in [1.54, 1.807) is 12.1 Å². The summed E-state index contributed by atoms with van der Waals surface area (Å²) in [6.07, 6.45) is -0.164. The number of carbonyl (C=O) groups excluding carboxylic acids is 2. The minimum absolute atomic E-state index is 0.161. The van der Waals surface area contributed by atoms with E-state index in [1.165, 1.54) is 0 Å². The van der Waals surface area contributed by atoms with E-state index in [0.29, 0.717) is 17.7 Å². The average molecular weight is 430 g/mol. The van der Waals surface area contributed by atoms with Crippen molar-refractivity contribution in [3.05, 3.63) is 132 Å². The maximum absolute atomic E-state index is 13.7. The molecule has 0 N–H and O–H groups in total. The van der Waals surface area contributed by atoms with Gasteiger partial charge in [0.1, 0.15) is 0 Å². The number of benzene rings is 4. The molecule has 3 nitrogen and oxygen atoms in total. The van der Waals surface area contributed by atoms with Crippen molar-refractivity contribution in [1.29, 1.82) is 0 Å². The predicted molar refractivity (Wildman–Crippen MR) is 133 cm³/mol. The molecule has 1 heterocycles. The molecule has 0 bridgehead atoms. The van der Waals surface area contributed by atoms with Crippen molar-refractivity contribution >= 4 is 22.5 Å². The first-order valence-electron chi connectivity index (χ1n) is 11.0. The lowest BCUT2D eigenvalue weighted by Gasteiger charge is -2.13. The highest BCUT2D eigenvalue weighted by Crippen LogP contribution is 2.35. The lowest BCUT2D eigenvalue weighted by molar-refractivity contribution is 0.0895. The Morgan fingerprint density at radius 1 is 0.606 bits per heavy atom. The highest BCUT2D eigenvalue weighted by atomic mass is 16.1. The molecule has 160 valence electrons. The van der Waals surface area contributed by atoms with Crippen molar-refractivity contribution in [2.45, 2.75) is 13.0 Å². The van der Waals surface area contributed by atoms with Crippen LogP contribution in [0.15, 0.2) is 115 Å². The van der Waals surface area contributed by atoms with Crippen LogP contribution < -0.4 is 0 Å². The summed E-state index contributed by atoms with van der Waals surface area (Å²) in [6, 6.07) is 37.1. The molecule has 0 aliphatic heterocycles. The normalized spacial score (nSPS) is 10.9. The zero-order chi connectivity index (χ0) is 22.6. The second kappa shape index (κ2) is 9.09. The Bertz CT molecular complexity index is 1420. The SMILES string of the molecule is O=C(CC(=O)c1c(-c2ccccc2)n(Cc2ccccc2)c2ccccc12)c1ccccc1. The lowest BCUT2D eigenvalue weighted by Crippen LogP contribution is -2.10. The van der Waals surface area contributed by atoms with E-state index in [9.17, 15) is 9.59 Å². The van der Waals surface area contributed by atoms with Gasteiger partial charge >= 0.3 is 0 Å². The fraction of sp³-hybridized carbons (Fsp3) is 0.0667. The third kappa shape index (κ3) is 4.13.